The molecule has 0 saturated carbocycles. The van der Waals surface area contributed by atoms with Gasteiger partial charge in [0, 0.05) is 17.3 Å². The Labute approximate surface area is 153 Å². The van der Waals surface area contributed by atoms with Crippen LogP contribution in [-0.4, -0.2) is 16.1 Å². The molecule has 2 heterocycles. The van der Waals surface area contributed by atoms with Crippen LogP contribution in [0.4, 0.5) is 0 Å². The molecular formula is C18H24ClN5O. The van der Waals surface area contributed by atoms with Crippen molar-refractivity contribution < 1.29 is 4.74 Å². The van der Waals surface area contributed by atoms with Crippen molar-refractivity contribution in [2.45, 2.75) is 59.1 Å². The Morgan fingerprint density at radius 3 is 2.60 bits per heavy atom. The van der Waals surface area contributed by atoms with Crippen LogP contribution in [0.2, 0.25) is 5.15 Å². The third kappa shape index (κ3) is 4.33. The lowest BCUT2D eigenvalue weighted by Crippen LogP contribution is -2.19. The van der Waals surface area contributed by atoms with Gasteiger partial charge in [-0.05, 0) is 55.2 Å². The molecule has 134 valence electrons. The molecule has 0 amide bonds. The van der Waals surface area contributed by atoms with Crippen molar-refractivity contribution >= 4 is 22.4 Å². The maximum atomic E-state index is 8.95. The normalized spacial score (nSPS) is 14.8. The summed E-state index contributed by atoms with van der Waals surface area (Å²) >= 11 is 6.11. The van der Waals surface area contributed by atoms with Crippen molar-refractivity contribution in [3.63, 3.8) is 0 Å². The summed E-state index contributed by atoms with van der Waals surface area (Å²) in [5.41, 5.74) is 9.05. The fourth-order valence-corrected chi connectivity index (χ4v) is 3.08. The van der Waals surface area contributed by atoms with Gasteiger partial charge in [0.15, 0.2) is 0 Å². The van der Waals surface area contributed by atoms with E-state index in [1.54, 1.807) is 18.5 Å². The van der Waals surface area contributed by atoms with Gasteiger partial charge in [-0.3, -0.25) is 0 Å². The molecule has 0 unspecified atom stereocenters. The number of pyridine rings is 2. The summed E-state index contributed by atoms with van der Waals surface area (Å²) in [6.07, 6.45) is 4.98. The second-order valence-corrected chi connectivity index (χ2v) is 7.29. The Balaban J connectivity index is 2.59. The molecule has 0 saturated heterocycles. The van der Waals surface area contributed by atoms with Gasteiger partial charge in [-0.1, -0.05) is 37.5 Å². The largest absolute Gasteiger partial charge is 0.474 e. The van der Waals surface area contributed by atoms with Crippen LogP contribution in [-0.2, 0) is 5.54 Å². The predicted molar refractivity (Wildman–Crippen MR) is 101 cm³/mol. The minimum Gasteiger partial charge on any atom is -0.474 e. The molecule has 0 N–H and O–H groups in total. The Kier molecular flexibility index (Phi) is 6.09. The van der Waals surface area contributed by atoms with Gasteiger partial charge in [-0.2, -0.15) is 0 Å². The molecule has 0 fully saturated rings. The molecule has 2 atom stereocenters. The van der Waals surface area contributed by atoms with Gasteiger partial charge in [0.05, 0.1) is 17.0 Å². The van der Waals surface area contributed by atoms with Gasteiger partial charge in [0.25, 0.3) is 0 Å². The highest BCUT2D eigenvalue weighted by molar-refractivity contribution is 6.30. The van der Waals surface area contributed by atoms with E-state index in [2.05, 4.69) is 33.8 Å². The number of hydrogen-bond donors (Lipinski definition) is 0. The highest BCUT2D eigenvalue weighted by atomic mass is 35.5. The number of aromatic nitrogens is 2. The van der Waals surface area contributed by atoms with Crippen LogP contribution in [0.15, 0.2) is 23.6 Å². The second-order valence-electron chi connectivity index (χ2n) is 6.90. The monoisotopic (exact) mass is 361 g/mol. The zero-order chi connectivity index (χ0) is 18.6. The molecule has 7 heteroatoms. The van der Waals surface area contributed by atoms with Gasteiger partial charge in [-0.25, -0.2) is 9.97 Å². The van der Waals surface area contributed by atoms with Gasteiger partial charge in [0.1, 0.15) is 5.15 Å². The standard InChI is InChI=1S/C18H24ClN5O/c1-6-18(5,23-24-20)15-10-22-17(25-12(4)7-11(2)3)14-9-21-16(19)8-13(14)15/h8-12H,6-7H2,1-5H3/t12-,18-/m1/s1. The Morgan fingerprint density at radius 1 is 1.28 bits per heavy atom. The summed E-state index contributed by atoms with van der Waals surface area (Å²) < 4.78 is 6.04. The minimum atomic E-state index is -0.716. The lowest BCUT2D eigenvalue weighted by molar-refractivity contribution is 0.188. The quantitative estimate of drug-likeness (QED) is 0.261. The molecule has 0 aliphatic carbocycles. The maximum Gasteiger partial charge on any atom is 0.223 e. The summed E-state index contributed by atoms with van der Waals surface area (Å²) in [7, 11) is 0. The number of rotatable bonds is 7. The average Bonchev–Trinajstić information content (AvgIpc) is 2.54. The lowest BCUT2D eigenvalue weighted by Gasteiger charge is -2.25. The van der Waals surface area contributed by atoms with Gasteiger partial charge >= 0.3 is 0 Å². The third-order valence-corrected chi connectivity index (χ3v) is 4.56. The van der Waals surface area contributed by atoms with Crippen LogP contribution in [0.1, 0.15) is 53.0 Å². The number of azide groups is 1. The summed E-state index contributed by atoms with van der Waals surface area (Å²) in [6.45, 7) is 10.2. The van der Waals surface area contributed by atoms with E-state index in [1.165, 1.54) is 0 Å². The fraction of sp³-hybridized carbons (Fsp3) is 0.556. The number of hydrogen-bond acceptors (Lipinski definition) is 4. The van der Waals surface area contributed by atoms with Crippen LogP contribution < -0.4 is 4.74 Å². The van der Waals surface area contributed by atoms with E-state index in [4.69, 9.17) is 21.9 Å². The number of ether oxygens (including phenoxy) is 1. The van der Waals surface area contributed by atoms with Crippen LogP contribution in [0.3, 0.4) is 0 Å². The second kappa shape index (κ2) is 7.89. The zero-order valence-electron chi connectivity index (χ0n) is 15.3. The number of nitrogens with zero attached hydrogens (tertiary/aromatic N) is 5. The van der Waals surface area contributed by atoms with Gasteiger partial charge in [0.2, 0.25) is 5.88 Å². The first-order valence-corrected chi connectivity index (χ1v) is 8.86. The SMILES string of the molecule is CC[C@@](C)(N=[N+]=[N-])c1cnc(O[C@H](C)CC(C)C)c2cnc(Cl)cc12. The van der Waals surface area contributed by atoms with E-state index in [0.29, 0.717) is 23.4 Å². The van der Waals surface area contributed by atoms with Crippen LogP contribution in [0.25, 0.3) is 21.2 Å². The van der Waals surface area contributed by atoms with Crippen molar-refractivity contribution in [3.8, 4) is 5.88 Å². The van der Waals surface area contributed by atoms with Gasteiger partial charge < -0.3 is 4.74 Å². The fourth-order valence-electron chi connectivity index (χ4n) is 2.92. The van der Waals surface area contributed by atoms with Crippen LogP contribution >= 0.6 is 11.6 Å². The molecular weight excluding hydrogens is 338 g/mol. The predicted octanol–water partition coefficient (Wildman–Crippen LogP) is 6.03. The first-order chi connectivity index (χ1) is 11.8. The van der Waals surface area contributed by atoms with Crippen molar-refractivity contribution in [1.29, 1.82) is 0 Å². The average molecular weight is 362 g/mol. The highest BCUT2D eigenvalue weighted by Crippen LogP contribution is 2.37. The number of fused-ring (bicyclic) bond motifs is 1. The summed E-state index contributed by atoms with van der Waals surface area (Å²) in [5, 5.41) is 5.98. The lowest BCUT2D eigenvalue weighted by atomic mass is 9.88. The Bertz CT molecular complexity index is 803. The molecule has 0 bridgehead atoms. The van der Waals surface area contributed by atoms with E-state index in [9.17, 15) is 0 Å². The first kappa shape index (κ1) is 19.3. The molecule has 2 rings (SSSR count). The van der Waals surface area contributed by atoms with E-state index >= 15 is 0 Å². The Morgan fingerprint density at radius 2 is 2.00 bits per heavy atom. The summed E-state index contributed by atoms with van der Waals surface area (Å²) in [4.78, 5) is 11.7. The van der Waals surface area contributed by atoms with E-state index in [1.807, 2.05) is 20.8 Å². The van der Waals surface area contributed by atoms with E-state index < -0.39 is 5.54 Å². The van der Waals surface area contributed by atoms with Crippen LogP contribution in [0, 0.1) is 5.92 Å². The molecule has 2 aromatic rings. The first-order valence-electron chi connectivity index (χ1n) is 8.48. The minimum absolute atomic E-state index is 0.0342. The molecule has 6 nitrogen and oxygen atoms in total. The molecule has 0 aliphatic rings. The van der Waals surface area contributed by atoms with E-state index in [-0.39, 0.29) is 6.10 Å². The van der Waals surface area contributed by atoms with E-state index in [0.717, 1.165) is 22.8 Å². The highest BCUT2D eigenvalue weighted by Gasteiger charge is 2.27. The molecule has 25 heavy (non-hydrogen) atoms. The van der Waals surface area contributed by atoms with Crippen LogP contribution in [0.5, 0.6) is 5.88 Å². The topological polar surface area (TPSA) is 83.8 Å². The molecule has 0 aromatic carbocycles. The van der Waals surface area contributed by atoms with Crippen molar-refractivity contribution in [2.75, 3.05) is 0 Å². The van der Waals surface area contributed by atoms with Gasteiger partial charge in [-0.15, -0.1) is 0 Å². The molecule has 0 spiro atoms. The maximum absolute atomic E-state index is 8.95. The third-order valence-electron chi connectivity index (χ3n) is 4.35. The molecule has 0 aliphatic heterocycles. The Hall–Kier alpha value is -2.04. The summed E-state index contributed by atoms with van der Waals surface area (Å²) in [6, 6.07) is 1.77. The van der Waals surface area contributed by atoms with Crippen molar-refractivity contribution in [1.82, 2.24) is 9.97 Å². The smallest absolute Gasteiger partial charge is 0.223 e. The summed E-state index contributed by atoms with van der Waals surface area (Å²) in [5.74, 6) is 1.05. The molecule has 0 radical (unpaired) electrons. The molecule has 2 aromatic heterocycles. The zero-order valence-corrected chi connectivity index (χ0v) is 16.1. The van der Waals surface area contributed by atoms with Crippen molar-refractivity contribution in [2.24, 2.45) is 11.0 Å². The van der Waals surface area contributed by atoms with Crippen molar-refractivity contribution in [3.05, 3.63) is 39.6 Å². The number of halogens is 1.